The van der Waals surface area contributed by atoms with Gasteiger partial charge in [-0.2, -0.15) is 0 Å². The van der Waals surface area contributed by atoms with Gasteiger partial charge in [-0.3, -0.25) is 4.79 Å². The first-order chi connectivity index (χ1) is 4.66. The van der Waals surface area contributed by atoms with E-state index in [9.17, 15) is 4.79 Å². The maximum absolute atomic E-state index is 11.0. The number of hydrogen-bond acceptors (Lipinski definition) is 1. The first kappa shape index (κ1) is 9.41. The summed E-state index contributed by atoms with van der Waals surface area (Å²) in [5, 5.41) is 0. The predicted octanol–water partition coefficient (Wildman–Crippen LogP) is 2.57. The molecule has 0 heterocycles. The zero-order valence-electron chi connectivity index (χ0n) is 6.89. The fraction of sp³-hybridized carbons (Fsp3) is 0.667. The molecule has 1 heteroatoms. The Bertz CT molecular complexity index is 114. The lowest BCUT2D eigenvalue weighted by atomic mass is 10.0. The second-order valence-corrected chi connectivity index (χ2v) is 2.96. The highest BCUT2D eigenvalue weighted by Gasteiger charge is 2.02. The van der Waals surface area contributed by atoms with Crippen LogP contribution >= 0.6 is 0 Å². The molecule has 0 unspecified atom stereocenters. The van der Waals surface area contributed by atoms with E-state index in [-0.39, 0.29) is 0 Å². The van der Waals surface area contributed by atoms with E-state index in [4.69, 9.17) is 0 Å². The van der Waals surface area contributed by atoms with Gasteiger partial charge < -0.3 is 0 Å². The van der Waals surface area contributed by atoms with Gasteiger partial charge in [0.15, 0.2) is 0 Å². The molecule has 0 spiro atoms. The van der Waals surface area contributed by atoms with Gasteiger partial charge in [-0.25, -0.2) is 0 Å². The minimum atomic E-state index is 0.356. The van der Waals surface area contributed by atoms with Crippen molar-refractivity contribution in [2.45, 2.75) is 33.1 Å². The Labute approximate surface area is 63.1 Å². The molecular weight excluding hydrogens is 124 g/mol. The summed E-state index contributed by atoms with van der Waals surface area (Å²) in [6.45, 7) is 7.68. The lowest BCUT2D eigenvalue weighted by molar-refractivity contribution is -0.119. The van der Waals surface area contributed by atoms with Crippen LogP contribution in [0.2, 0.25) is 0 Å². The summed E-state index contributed by atoms with van der Waals surface area (Å²) in [4.78, 5) is 11.0. The minimum absolute atomic E-state index is 0.356. The van der Waals surface area contributed by atoms with Gasteiger partial charge in [0.1, 0.15) is 5.78 Å². The molecule has 0 saturated heterocycles. The van der Waals surface area contributed by atoms with E-state index >= 15 is 0 Å². The van der Waals surface area contributed by atoms with Gasteiger partial charge in [0, 0.05) is 12.8 Å². The summed E-state index contributed by atoms with van der Waals surface area (Å²) < 4.78 is 0. The highest BCUT2D eigenvalue weighted by Crippen LogP contribution is 2.04. The Balaban J connectivity index is 3.34. The van der Waals surface area contributed by atoms with E-state index in [0.29, 0.717) is 24.5 Å². The number of rotatable bonds is 5. The molecule has 0 aromatic carbocycles. The Morgan fingerprint density at radius 2 is 2.20 bits per heavy atom. The second kappa shape index (κ2) is 5.21. The maximum Gasteiger partial charge on any atom is 0.133 e. The highest BCUT2D eigenvalue weighted by atomic mass is 16.1. The highest BCUT2D eigenvalue weighted by molar-refractivity contribution is 5.78. The molecule has 0 fully saturated rings. The molecule has 58 valence electrons. The van der Waals surface area contributed by atoms with Crippen molar-refractivity contribution in [3.8, 4) is 0 Å². The van der Waals surface area contributed by atoms with Gasteiger partial charge >= 0.3 is 0 Å². The Kier molecular flexibility index (Phi) is 4.91. The molecule has 0 N–H and O–H groups in total. The zero-order chi connectivity index (χ0) is 7.98. The summed E-state index contributed by atoms with van der Waals surface area (Å²) >= 11 is 0. The molecule has 1 nitrogen and oxygen atoms in total. The molecule has 0 saturated carbocycles. The van der Waals surface area contributed by atoms with Crippen molar-refractivity contribution >= 4 is 5.78 Å². The van der Waals surface area contributed by atoms with Crippen LogP contribution in [0, 0.1) is 5.92 Å². The maximum atomic E-state index is 11.0. The lowest BCUT2D eigenvalue weighted by Crippen LogP contribution is -2.01. The summed E-state index contributed by atoms with van der Waals surface area (Å²) in [5.74, 6) is 0.854. The predicted molar refractivity (Wildman–Crippen MR) is 43.9 cm³/mol. The average molecular weight is 140 g/mol. The summed E-state index contributed by atoms with van der Waals surface area (Å²) in [7, 11) is 0. The van der Waals surface area contributed by atoms with Crippen LogP contribution in [0.3, 0.4) is 0 Å². The third-order valence-electron chi connectivity index (χ3n) is 1.26. The van der Waals surface area contributed by atoms with Crippen molar-refractivity contribution in [1.29, 1.82) is 0 Å². The minimum Gasteiger partial charge on any atom is -0.300 e. The SMILES string of the molecule is C=CCCC(=O)CC(C)C. The van der Waals surface area contributed by atoms with Gasteiger partial charge in [0.2, 0.25) is 0 Å². The molecule has 0 atom stereocenters. The van der Waals surface area contributed by atoms with Gasteiger partial charge in [0.25, 0.3) is 0 Å². The zero-order valence-corrected chi connectivity index (χ0v) is 6.89. The van der Waals surface area contributed by atoms with Crippen LogP contribution in [-0.4, -0.2) is 5.78 Å². The van der Waals surface area contributed by atoms with Gasteiger partial charge in [-0.15, -0.1) is 6.58 Å². The van der Waals surface area contributed by atoms with Crippen molar-refractivity contribution in [2.24, 2.45) is 5.92 Å². The van der Waals surface area contributed by atoms with Crippen molar-refractivity contribution in [2.75, 3.05) is 0 Å². The smallest absolute Gasteiger partial charge is 0.133 e. The fourth-order valence-electron chi connectivity index (χ4n) is 0.820. The van der Waals surface area contributed by atoms with E-state index in [1.807, 2.05) is 0 Å². The average Bonchev–Trinajstić information content (AvgIpc) is 1.82. The number of carbonyl (C=O) groups excluding carboxylic acids is 1. The largest absolute Gasteiger partial charge is 0.300 e. The first-order valence-electron chi connectivity index (χ1n) is 3.79. The van der Waals surface area contributed by atoms with Gasteiger partial charge in [-0.1, -0.05) is 19.9 Å². The number of carbonyl (C=O) groups is 1. The molecule has 0 aliphatic heterocycles. The van der Waals surface area contributed by atoms with E-state index in [2.05, 4.69) is 20.4 Å². The number of allylic oxidation sites excluding steroid dienone is 1. The number of Topliss-reactive ketones (excluding diaryl/α,β-unsaturated/α-hetero) is 1. The molecular formula is C9H16O. The summed E-state index contributed by atoms with van der Waals surface area (Å²) in [6.07, 6.45) is 4.00. The van der Waals surface area contributed by atoms with Crippen LogP contribution in [-0.2, 0) is 4.79 Å². The molecule has 0 bridgehead atoms. The topological polar surface area (TPSA) is 17.1 Å². The van der Waals surface area contributed by atoms with Crippen LogP contribution in [0.25, 0.3) is 0 Å². The number of hydrogen-bond donors (Lipinski definition) is 0. The van der Waals surface area contributed by atoms with Crippen LogP contribution in [0.4, 0.5) is 0 Å². The Morgan fingerprint density at radius 1 is 1.60 bits per heavy atom. The van der Waals surface area contributed by atoms with Gasteiger partial charge in [0.05, 0.1) is 0 Å². The molecule has 0 amide bonds. The third kappa shape index (κ3) is 5.54. The first-order valence-corrected chi connectivity index (χ1v) is 3.79. The van der Waals surface area contributed by atoms with Crippen LogP contribution in [0.1, 0.15) is 33.1 Å². The molecule has 0 aromatic heterocycles. The number of ketones is 1. The van der Waals surface area contributed by atoms with Crippen molar-refractivity contribution in [3.63, 3.8) is 0 Å². The Morgan fingerprint density at radius 3 is 2.60 bits per heavy atom. The van der Waals surface area contributed by atoms with Crippen LogP contribution < -0.4 is 0 Å². The second-order valence-electron chi connectivity index (χ2n) is 2.96. The van der Waals surface area contributed by atoms with Crippen molar-refractivity contribution < 1.29 is 4.79 Å². The summed E-state index contributed by atoms with van der Waals surface area (Å²) in [6, 6.07) is 0. The van der Waals surface area contributed by atoms with Crippen LogP contribution in [0.5, 0.6) is 0 Å². The fourth-order valence-corrected chi connectivity index (χ4v) is 0.820. The third-order valence-corrected chi connectivity index (χ3v) is 1.26. The van der Waals surface area contributed by atoms with Crippen LogP contribution in [0.15, 0.2) is 12.7 Å². The normalized spacial score (nSPS) is 9.90. The summed E-state index contributed by atoms with van der Waals surface area (Å²) in [5.41, 5.74) is 0. The standard InChI is InChI=1S/C9H16O/c1-4-5-6-9(10)7-8(2)3/h4,8H,1,5-7H2,2-3H3. The monoisotopic (exact) mass is 140 g/mol. The van der Waals surface area contributed by atoms with E-state index in [1.165, 1.54) is 0 Å². The lowest BCUT2D eigenvalue weighted by Gasteiger charge is -2.00. The van der Waals surface area contributed by atoms with E-state index in [0.717, 1.165) is 6.42 Å². The molecule has 0 rings (SSSR count). The van der Waals surface area contributed by atoms with E-state index < -0.39 is 0 Å². The molecule has 0 aliphatic carbocycles. The Hall–Kier alpha value is -0.590. The van der Waals surface area contributed by atoms with E-state index in [1.54, 1.807) is 6.08 Å². The van der Waals surface area contributed by atoms with Gasteiger partial charge in [-0.05, 0) is 12.3 Å². The quantitative estimate of drug-likeness (QED) is 0.536. The molecule has 0 radical (unpaired) electrons. The van der Waals surface area contributed by atoms with Crippen molar-refractivity contribution in [3.05, 3.63) is 12.7 Å². The molecule has 0 aromatic rings. The molecule has 0 aliphatic rings. The van der Waals surface area contributed by atoms with Crippen molar-refractivity contribution in [1.82, 2.24) is 0 Å². The molecule has 10 heavy (non-hydrogen) atoms.